The summed E-state index contributed by atoms with van der Waals surface area (Å²) in [7, 11) is 0. The van der Waals surface area contributed by atoms with Gasteiger partial charge in [0.15, 0.2) is 5.13 Å². The van der Waals surface area contributed by atoms with Gasteiger partial charge in [-0.25, -0.2) is 4.98 Å². The molecule has 0 aromatic carbocycles. The van der Waals surface area contributed by atoms with E-state index in [-0.39, 0.29) is 12.7 Å². The molecular weight excluding hydrogens is 226 g/mol. The van der Waals surface area contributed by atoms with Crippen LogP contribution in [0.1, 0.15) is 11.8 Å². The predicted molar refractivity (Wildman–Crippen MR) is 63.2 cm³/mol. The van der Waals surface area contributed by atoms with E-state index in [1.807, 2.05) is 6.20 Å². The lowest BCUT2D eigenvalue weighted by molar-refractivity contribution is -0.0803. The SMILES string of the molecule is CC1COC(CO)CN1Cc1cnc(N)s1. The van der Waals surface area contributed by atoms with E-state index in [9.17, 15) is 0 Å². The maximum atomic E-state index is 9.08. The van der Waals surface area contributed by atoms with Crippen molar-refractivity contribution in [1.29, 1.82) is 0 Å². The van der Waals surface area contributed by atoms with E-state index in [4.69, 9.17) is 15.6 Å². The van der Waals surface area contributed by atoms with Gasteiger partial charge < -0.3 is 15.6 Å². The largest absolute Gasteiger partial charge is 0.394 e. The Labute approximate surface area is 98.8 Å². The molecular formula is C10H17N3O2S. The first-order valence-electron chi connectivity index (χ1n) is 5.35. The third kappa shape index (κ3) is 2.70. The van der Waals surface area contributed by atoms with Crippen LogP contribution in [0.15, 0.2) is 6.20 Å². The highest BCUT2D eigenvalue weighted by molar-refractivity contribution is 7.15. The molecule has 0 aliphatic carbocycles. The van der Waals surface area contributed by atoms with Gasteiger partial charge in [0.1, 0.15) is 0 Å². The first kappa shape index (κ1) is 11.8. The minimum Gasteiger partial charge on any atom is -0.394 e. The minimum absolute atomic E-state index is 0.0681. The molecule has 0 radical (unpaired) electrons. The summed E-state index contributed by atoms with van der Waals surface area (Å²) in [6.45, 7) is 4.46. The Morgan fingerprint density at radius 3 is 3.19 bits per heavy atom. The molecule has 2 heterocycles. The van der Waals surface area contributed by atoms with Gasteiger partial charge >= 0.3 is 0 Å². The normalized spacial score (nSPS) is 27.1. The third-order valence-corrected chi connectivity index (χ3v) is 3.58. The average Bonchev–Trinajstić information content (AvgIpc) is 2.67. The number of nitrogens with zero attached hydrogens (tertiary/aromatic N) is 2. The number of aliphatic hydroxyl groups excluding tert-OH is 1. The molecule has 6 heteroatoms. The number of nitrogen functional groups attached to an aromatic ring is 1. The van der Waals surface area contributed by atoms with Crippen molar-refractivity contribution < 1.29 is 9.84 Å². The van der Waals surface area contributed by atoms with Crippen LogP contribution in [0.5, 0.6) is 0 Å². The second-order valence-electron chi connectivity index (χ2n) is 4.08. The van der Waals surface area contributed by atoms with Crippen LogP contribution in [-0.4, -0.2) is 46.9 Å². The average molecular weight is 243 g/mol. The smallest absolute Gasteiger partial charge is 0.180 e. The molecule has 2 unspecified atom stereocenters. The van der Waals surface area contributed by atoms with Gasteiger partial charge in [0.2, 0.25) is 0 Å². The third-order valence-electron chi connectivity index (χ3n) is 2.77. The van der Waals surface area contributed by atoms with Gasteiger partial charge in [-0.2, -0.15) is 0 Å². The Bertz CT molecular complexity index is 345. The topological polar surface area (TPSA) is 71.6 Å². The van der Waals surface area contributed by atoms with Crippen LogP contribution in [0, 0.1) is 0 Å². The number of hydrogen-bond acceptors (Lipinski definition) is 6. The zero-order valence-corrected chi connectivity index (χ0v) is 10.1. The van der Waals surface area contributed by atoms with Crippen LogP contribution in [0.3, 0.4) is 0 Å². The maximum absolute atomic E-state index is 9.08. The fraction of sp³-hybridized carbons (Fsp3) is 0.700. The summed E-state index contributed by atoms with van der Waals surface area (Å²) in [4.78, 5) is 7.48. The highest BCUT2D eigenvalue weighted by Gasteiger charge is 2.25. The van der Waals surface area contributed by atoms with Crippen molar-refractivity contribution in [3.63, 3.8) is 0 Å². The Morgan fingerprint density at radius 2 is 2.56 bits per heavy atom. The van der Waals surface area contributed by atoms with Crippen LogP contribution in [0.25, 0.3) is 0 Å². The van der Waals surface area contributed by atoms with Gasteiger partial charge in [0, 0.05) is 30.2 Å². The fourth-order valence-electron chi connectivity index (χ4n) is 1.80. The standard InChI is InChI=1S/C10H17N3O2S/c1-7-6-15-8(5-14)3-13(7)4-9-2-12-10(11)16-9/h2,7-8,14H,3-6H2,1H3,(H2,11,12). The van der Waals surface area contributed by atoms with Gasteiger partial charge in [-0.15, -0.1) is 11.3 Å². The molecule has 3 N–H and O–H groups in total. The molecule has 1 aromatic rings. The maximum Gasteiger partial charge on any atom is 0.180 e. The number of rotatable bonds is 3. The molecule has 5 nitrogen and oxygen atoms in total. The van der Waals surface area contributed by atoms with Crippen LogP contribution in [0.4, 0.5) is 5.13 Å². The molecule has 1 saturated heterocycles. The summed E-state index contributed by atoms with van der Waals surface area (Å²) in [5, 5.41) is 9.69. The number of thiazole rings is 1. The van der Waals surface area contributed by atoms with Crippen LogP contribution in [0.2, 0.25) is 0 Å². The Kier molecular flexibility index (Phi) is 3.75. The molecule has 0 bridgehead atoms. The molecule has 1 aliphatic heterocycles. The van der Waals surface area contributed by atoms with Gasteiger partial charge in [-0.05, 0) is 6.92 Å². The zero-order valence-electron chi connectivity index (χ0n) is 9.30. The lowest BCUT2D eigenvalue weighted by atomic mass is 10.2. The molecule has 1 fully saturated rings. The summed E-state index contributed by atoms with van der Waals surface area (Å²) in [5.74, 6) is 0. The molecule has 2 atom stereocenters. The Balaban J connectivity index is 1.96. The first-order chi connectivity index (χ1) is 7.69. The molecule has 90 valence electrons. The number of aliphatic hydroxyl groups is 1. The molecule has 0 amide bonds. The van der Waals surface area contributed by atoms with Crippen molar-refractivity contribution in [2.45, 2.75) is 25.6 Å². The van der Waals surface area contributed by atoms with Crippen molar-refractivity contribution >= 4 is 16.5 Å². The van der Waals surface area contributed by atoms with E-state index in [1.165, 1.54) is 11.3 Å². The quantitative estimate of drug-likeness (QED) is 0.799. The van der Waals surface area contributed by atoms with E-state index in [0.717, 1.165) is 18.0 Å². The van der Waals surface area contributed by atoms with E-state index < -0.39 is 0 Å². The molecule has 0 spiro atoms. The van der Waals surface area contributed by atoms with E-state index in [1.54, 1.807) is 0 Å². The van der Waals surface area contributed by atoms with Gasteiger partial charge in [-0.3, -0.25) is 4.90 Å². The summed E-state index contributed by atoms with van der Waals surface area (Å²) >= 11 is 1.51. The van der Waals surface area contributed by atoms with Crippen LogP contribution in [-0.2, 0) is 11.3 Å². The van der Waals surface area contributed by atoms with Gasteiger partial charge in [0.25, 0.3) is 0 Å². The molecule has 1 aromatic heterocycles. The Morgan fingerprint density at radius 1 is 1.75 bits per heavy atom. The van der Waals surface area contributed by atoms with Crippen LogP contribution >= 0.6 is 11.3 Å². The molecule has 16 heavy (non-hydrogen) atoms. The molecule has 2 rings (SSSR count). The molecule has 0 saturated carbocycles. The number of ether oxygens (including phenoxy) is 1. The summed E-state index contributed by atoms with van der Waals surface area (Å²) in [5.41, 5.74) is 5.60. The fourth-order valence-corrected chi connectivity index (χ4v) is 2.51. The number of anilines is 1. The monoisotopic (exact) mass is 243 g/mol. The number of hydrogen-bond donors (Lipinski definition) is 2. The van der Waals surface area contributed by atoms with Crippen molar-refractivity contribution in [2.75, 3.05) is 25.5 Å². The van der Waals surface area contributed by atoms with Crippen LogP contribution < -0.4 is 5.73 Å². The van der Waals surface area contributed by atoms with E-state index in [2.05, 4.69) is 16.8 Å². The van der Waals surface area contributed by atoms with Crippen molar-refractivity contribution in [2.24, 2.45) is 0 Å². The van der Waals surface area contributed by atoms with Gasteiger partial charge in [0.05, 0.1) is 19.3 Å². The first-order valence-corrected chi connectivity index (χ1v) is 6.17. The van der Waals surface area contributed by atoms with Gasteiger partial charge in [-0.1, -0.05) is 0 Å². The lowest BCUT2D eigenvalue weighted by Gasteiger charge is -2.37. The second-order valence-corrected chi connectivity index (χ2v) is 5.23. The minimum atomic E-state index is -0.0681. The summed E-state index contributed by atoms with van der Waals surface area (Å²) < 4.78 is 5.48. The summed E-state index contributed by atoms with van der Waals surface area (Å²) in [6.07, 6.45) is 1.75. The second kappa shape index (κ2) is 5.09. The summed E-state index contributed by atoms with van der Waals surface area (Å²) in [6, 6.07) is 0.367. The van der Waals surface area contributed by atoms with Crippen molar-refractivity contribution in [1.82, 2.24) is 9.88 Å². The predicted octanol–water partition coefficient (Wildman–Crippen LogP) is 0.307. The van der Waals surface area contributed by atoms with E-state index in [0.29, 0.717) is 17.8 Å². The highest BCUT2D eigenvalue weighted by atomic mass is 32.1. The van der Waals surface area contributed by atoms with E-state index >= 15 is 0 Å². The number of aromatic nitrogens is 1. The molecule has 1 aliphatic rings. The highest BCUT2D eigenvalue weighted by Crippen LogP contribution is 2.20. The van der Waals surface area contributed by atoms with Crippen molar-refractivity contribution in [3.8, 4) is 0 Å². The zero-order chi connectivity index (χ0) is 11.5. The lowest BCUT2D eigenvalue weighted by Crippen LogP contribution is -2.48. The number of morpholine rings is 1. The van der Waals surface area contributed by atoms with Crippen molar-refractivity contribution in [3.05, 3.63) is 11.1 Å². The number of nitrogens with two attached hydrogens (primary N) is 1. The Hall–Kier alpha value is -0.690.